The third-order valence-electron chi connectivity index (χ3n) is 2.70. The highest BCUT2D eigenvalue weighted by atomic mass is 19.1. The molecule has 2 aromatic carbocycles. The number of anilines is 2. The Morgan fingerprint density at radius 2 is 1.70 bits per heavy atom. The molecule has 2 aromatic rings. The van der Waals surface area contributed by atoms with Crippen LogP contribution in [0.5, 0.6) is 0 Å². The molecule has 0 fully saturated rings. The number of nitrogen functional groups attached to an aromatic ring is 1. The van der Waals surface area contributed by atoms with Crippen molar-refractivity contribution in [1.82, 2.24) is 0 Å². The minimum Gasteiger partial charge on any atom is -0.398 e. The lowest BCUT2D eigenvalue weighted by molar-refractivity contribution is 0.102. The SMILES string of the molecule is Cc1ccc(C(=O)Nc2c(F)cc(F)cc2F)c(N)c1. The Balaban J connectivity index is 2.33. The molecule has 0 aliphatic rings. The Labute approximate surface area is 113 Å². The molecule has 0 unspecified atom stereocenters. The number of hydrogen-bond acceptors (Lipinski definition) is 2. The van der Waals surface area contributed by atoms with E-state index in [2.05, 4.69) is 0 Å². The average Bonchev–Trinajstić information content (AvgIpc) is 2.33. The van der Waals surface area contributed by atoms with Crippen molar-refractivity contribution in [2.24, 2.45) is 0 Å². The summed E-state index contributed by atoms with van der Waals surface area (Å²) in [7, 11) is 0. The molecular weight excluding hydrogens is 269 g/mol. The third kappa shape index (κ3) is 2.74. The van der Waals surface area contributed by atoms with E-state index in [-0.39, 0.29) is 11.3 Å². The minimum atomic E-state index is -1.19. The number of nitrogens with two attached hydrogens (primary N) is 1. The average molecular weight is 280 g/mol. The number of aryl methyl sites for hydroxylation is 1. The van der Waals surface area contributed by atoms with E-state index >= 15 is 0 Å². The highest BCUT2D eigenvalue weighted by Gasteiger charge is 2.16. The van der Waals surface area contributed by atoms with Crippen molar-refractivity contribution in [3.05, 3.63) is 58.9 Å². The molecule has 6 heteroatoms. The Hall–Kier alpha value is -2.50. The molecule has 20 heavy (non-hydrogen) atoms. The van der Waals surface area contributed by atoms with Crippen molar-refractivity contribution in [2.75, 3.05) is 11.1 Å². The molecule has 0 saturated heterocycles. The minimum absolute atomic E-state index is 0.0822. The van der Waals surface area contributed by atoms with Gasteiger partial charge in [-0.15, -0.1) is 0 Å². The van der Waals surface area contributed by atoms with Gasteiger partial charge < -0.3 is 11.1 Å². The van der Waals surface area contributed by atoms with Crippen molar-refractivity contribution in [2.45, 2.75) is 6.92 Å². The molecule has 0 radical (unpaired) electrons. The number of amides is 1. The van der Waals surface area contributed by atoms with E-state index in [0.717, 1.165) is 5.56 Å². The zero-order valence-electron chi connectivity index (χ0n) is 10.5. The van der Waals surface area contributed by atoms with Crippen LogP contribution in [0, 0.1) is 24.4 Å². The summed E-state index contributed by atoms with van der Waals surface area (Å²) in [6, 6.07) is 5.61. The fourth-order valence-corrected chi connectivity index (χ4v) is 1.73. The molecule has 0 saturated carbocycles. The van der Waals surface area contributed by atoms with Crippen LogP contribution in [0.2, 0.25) is 0 Å². The van der Waals surface area contributed by atoms with E-state index in [1.165, 1.54) is 6.07 Å². The largest absolute Gasteiger partial charge is 0.398 e. The number of carbonyl (C=O) groups excluding carboxylic acids is 1. The highest BCUT2D eigenvalue weighted by Crippen LogP contribution is 2.22. The van der Waals surface area contributed by atoms with Gasteiger partial charge >= 0.3 is 0 Å². The smallest absolute Gasteiger partial charge is 0.257 e. The van der Waals surface area contributed by atoms with Crippen molar-refractivity contribution < 1.29 is 18.0 Å². The normalized spacial score (nSPS) is 10.4. The van der Waals surface area contributed by atoms with Crippen molar-refractivity contribution in [3.8, 4) is 0 Å². The van der Waals surface area contributed by atoms with Gasteiger partial charge in [-0.2, -0.15) is 0 Å². The van der Waals surface area contributed by atoms with E-state index in [9.17, 15) is 18.0 Å². The summed E-state index contributed by atoms with van der Waals surface area (Å²) in [5.41, 5.74) is 6.07. The molecule has 0 aromatic heterocycles. The van der Waals surface area contributed by atoms with Crippen LogP contribution < -0.4 is 11.1 Å². The van der Waals surface area contributed by atoms with Gasteiger partial charge in [-0.1, -0.05) is 6.07 Å². The fraction of sp³-hybridized carbons (Fsp3) is 0.0714. The molecule has 3 N–H and O–H groups in total. The van der Waals surface area contributed by atoms with Crippen LogP contribution >= 0.6 is 0 Å². The number of benzene rings is 2. The van der Waals surface area contributed by atoms with E-state index in [0.29, 0.717) is 12.1 Å². The van der Waals surface area contributed by atoms with Crippen LogP contribution in [0.4, 0.5) is 24.5 Å². The molecule has 2 rings (SSSR count). The van der Waals surface area contributed by atoms with E-state index in [4.69, 9.17) is 5.73 Å². The first-order valence-corrected chi connectivity index (χ1v) is 5.70. The summed E-state index contributed by atoms with van der Waals surface area (Å²) in [6.07, 6.45) is 0. The maximum Gasteiger partial charge on any atom is 0.257 e. The molecule has 0 bridgehead atoms. The van der Waals surface area contributed by atoms with E-state index < -0.39 is 29.0 Å². The molecule has 0 aliphatic carbocycles. The second-order valence-electron chi connectivity index (χ2n) is 4.29. The predicted molar refractivity (Wildman–Crippen MR) is 69.9 cm³/mol. The van der Waals surface area contributed by atoms with Crippen molar-refractivity contribution in [1.29, 1.82) is 0 Å². The van der Waals surface area contributed by atoms with E-state index in [1.54, 1.807) is 19.1 Å². The maximum atomic E-state index is 13.4. The number of carbonyl (C=O) groups is 1. The molecule has 0 spiro atoms. The van der Waals surface area contributed by atoms with Gasteiger partial charge in [0.2, 0.25) is 0 Å². The predicted octanol–water partition coefficient (Wildman–Crippen LogP) is 3.25. The number of rotatable bonds is 2. The monoisotopic (exact) mass is 280 g/mol. The highest BCUT2D eigenvalue weighted by molar-refractivity contribution is 6.07. The van der Waals surface area contributed by atoms with Crippen LogP contribution in [0.25, 0.3) is 0 Å². The summed E-state index contributed by atoms with van der Waals surface area (Å²) in [4.78, 5) is 11.9. The molecule has 3 nitrogen and oxygen atoms in total. The first-order chi connectivity index (χ1) is 9.38. The first-order valence-electron chi connectivity index (χ1n) is 5.70. The second kappa shape index (κ2) is 5.24. The van der Waals surface area contributed by atoms with Crippen LogP contribution in [0.1, 0.15) is 15.9 Å². The molecule has 104 valence electrons. The van der Waals surface area contributed by atoms with E-state index in [1.807, 2.05) is 5.32 Å². The topological polar surface area (TPSA) is 55.1 Å². The van der Waals surface area contributed by atoms with Gasteiger partial charge in [-0.05, 0) is 24.6 Å². The van der Waals surface area contributed by atoms with Gasteiger partial charge in [0.25, 0.3) is 5.91 Å². The summed E-state index contributed by atoms with van der Waals surface area (Å²) in [5.74, 6) is -4.22. The number of nitrogens with one attached hydrogen (secondary N) is 1. The lowest BCUT2D eigenvalue weighted by atomic mass is 10.1. The summed E-state index contributed by atoms with van der Waals surface area (Å²) in [5, 5.41) is 2.05. The first kappa shape index (κ1) is 13.9. The van der Waals surface area contributed by atoms with Crippen molar-refractivity contribution in [3.63, 3.8) is 0 Å². The lowest BCUT2D eigenvalue weighted by Crippen LogP contribution is -2.16. The van der Waals surface area contributed by atoms with Gasteiger partial charge in [0.15, 0.2) is 11.6 Å². The lowest BCUT2D eigenvalue weighted by Gasteiger charge is -2.10. The second-order valence-corrected chi connectivity index (χ2v) is 4.29. The quantitative estimate of drug-likeness (QED) is 0.830. The Bertz CT molecular complexity index is 663. The third-order valence-corrected chi connectivity index (χ3v) is 2.70. The number of hydrogen-bond donors (Lipinski definition) is 2. The molecule has 0 heterocycles. The van der Waals surface area contributed by atoms with Crippen LogP contribution in [-0.4, -0.2) is 5.91 Å². The maximum absolute atomic E-state index is 13.4. The van der Waals surface area contributed by atoms with Crippen LogP contribution in [0.15, 0.2) is 30.3 Å². The summed E-state index contributed by atoms with van der Waals surface area (Å²) in [6.45, 7) is 1.79. The van der Waals surface area contributed by atoms with Gasteiger partial charge in [0.05, 0.1) is 5.56 Å². The fourth-order valence-electron chi connectivity index (χ4n) is 1.73. The van der Waals surface area contributed by atoms with Crippen LogP contribution in [-0.2, 0) is 0 Å². The zero-order chi connectivity index (χ0) is 14.9. The summed E-state index contributed by atoms with van der Waals surface area (Å²) >= 11 is 0. The van der Waals surface area contributed by atoms with Crippen molar-refractivity contribution >= 4 is 17.3 Å². The van der Waals surface area contributed by atoms with Gasteiger partial charge in [0.1, 0.15) is 11.5 Å². The Morgan fingerprint density at radius 3 is 2.25 bits per heavy atom. The molecular formula is C14H11F3N2O. The van der Waals surface area contributed by atoms with Gasteiger partial charge in [0, 0.05) is 17.8 Å². The Morgan fingerprint density at radius 1 is 1.10 bits per heavy atom. The van der Waals surface area contributed by atoms with Crippen LogP contribution in [0.3, 0.4) is 0 Å². The standard InChI is InChI=1S/C14H11F3N2O/c1-7-2-3-9(12(18)4-7)14(20)19-13-10(16)5-8(15)6-11(13)17/h2-6H,18H2,1H3,(H,19,20). The van der Waals surface area contributed by atoms with Gasteiger partial charge in [-0.25, -0.2) is 13.2 Å². The van der Waals surface area contributed by atoms with Gasteiger partial charge in [-0.3, -0.25) is 4.79 Å². The summed E-state index contributed by atoms with van der Waals surface area (Å²) < 4.78 is 39.6. The molecule has 0 aliphatic heterocycles. The zero-order valence-corrected chi connectivity index (χ0v) is 10.5. The Kier molecular flexibility index (Phi) is 3.65. The molecule has 0 atom stereocenters. The number of halogens is 3. The molecule has 1 amide bonds.